The lowest BCUT2D eigenvalue weighted by molar-refractivity contribution is 0.0924. The molecule has 0 saturated carbocycles. The maximum atomic E-state index is 13.1. The molecular formula is C15H22FNO2. The van der Waals surface area contributed by atoms with Gasteiger partial charge in [0.25, 0.3) is 5.91 Å². The first-order valence-corrected chi connectivity index (χ1v) is 6.62. The van der Waals surface area contributed by atoms with Crippen molar-refractivity contribution in [3.05, 3.63) is 35.1 Å². The molecule has 19 heavy (non-hydrogen) atoms. The molecule has 1 rings (SSSR count). The first kappa shape index (κ1) is 15.6. The highest BCUT2D eigenvalue weighted by atomic mass is 19.1. The Hall–Kier alpha value is -1.42. The van der Waals surface area contributed by atoms with E-state index in [4.69, 9.17) is 4.74 Å². The van der Waals surface area contributed by atoms with Crippen LogP contribution in [0.4, 0.5) is 4.39 Å². The zero-order valence-electron chi connectivity index (χ0n) is 11.8. The predicted molar refractivity (Wildman–Crippen MR) is 73.7 cm³/mol. The van der Waals surface area contributed by atoms with Crippen molar-refractivity contribution in [3.63, 3.8) is 0 Å². The lowest BCUT2D eigenvalue weighted by atomic mass is 10.1. The van der Waals surface area contributed by atoms with Gasteiger partial charge < -0.3 is 10.1 Å². The van der Waals surface area contributed by atoms with Gasteiger partial charge in [-0.05, 0) is 37.0 Å². The molecule has 1 aromatic carbocycles. The Kier molecular flexibility index (Phi) is 6.50. The fourth-order valence-electron chi connectivity index (χ4n) is 1.63. The molecule has 0 unspecified atom stereocenters. The molecule has 0 bridgehead atoms. The number of carbonyl (C=O) groups is 1. The van der Waals surface area contributed by atoms with E-state index in [0.29, 0.717) is 24.6 Å². The summed E-state index contributed by atoms with van der Waals surface area (Å²) in [5.41, 5.74) is 1.16. The number of aryl methyl sites for hydroxylation is 1. The highest BCUT2D eigenvalue weighted by Gasteiger charge is 2.09. The second-order valence-corrected chi connectivity index (χ2v) is 5.04. The van der Waals surface area contributed by atoms with Gasteiger partial charge in [-0.3, -0.25) is 4.79 Å². The largest absolute Gasteiger partial charge is 0.381 e. The lowest BCUT2D eigenvalue weighted by Crippen LogP contribution is -2.26. The number of amides is 1. The molecular weight excluding hydrogens is 245 g/mol. The molecule has 0 aliphatic heterocycles. The molecule has 1 N–H and O–H groups in total. The highest BCUT2D eigenvalue weighted by molar-refractivity contribution is 5.95. The Labute approximate surface area is 114 Å². The van der Waals surface area contributed by atoms with Crippen molar-refractivity contribution >= 4 is 5.91 Å². The fraction of sp³-hybridized carbons (Fsp3) is 0.533. The van der Waals surface area contributed by atoms with Crippen molar-refractivity contribution in [2.24, 2.45) is 5.92 Å². The number of benzene rings is 1. The Bertz CT molecular complexity index is 419. The summed E-state index contributed by atoms with van der Waals surface area (Å²) < 4.78 is 18.5. The zero-order chi connectivity index (χ0) is 14.3. The number of nitrogens with one attached hydrogen (secondary N) is 1. The first-order valence-electron chi connectivity index (χ1n) is 6.62. The zero-order valence-corrected chi connectivity index (χ0v) is 11.8. The fourth-order valence-corrected chi connectivity index (χ4v) is 1.63. The third-order valence-electron chi connectivity index (χ3n) is 2.65. The number of ether oxygens (including phenoxy) is 1. The van der Waals surface area contributed by atoms with E-state index in [9.17, 15) is 9.18 Å². The van der Waals surface area contributed by atoms with Crippen LogP contribution in [0.2, 0.25) is 0 Å². The van der Waals surface area contributed by atoms with Gasteiger partial charge in [-0.2, -0.15) is 0 Å². The lowest BCUT2D eigenvalue weighted by Gasteiger charge is -2.09. The van der Waals surface area contributed by atoms with Crippen molar-refractivity contribution in [1.29, 1.82) is 0 Å². The average Bonchev–Trinajstić information content (AvgIpc) is 2.36. The molecule has 1 aromatic rings. The number of hydrogen-bond acceptors (Lipinski definition) is 2. The quantitative estimate of drug-likeness (QED) is 0.771. The van der Waals surface area contributed by atoms with E-state index in [1.54, 1.807) is 13.0 Å². The number of carbonyl (C=O) groups excluding carboxylic acids is 1. The van der Waals surface area contributed by atoms with E-state index in [2.05, 4.69) is 19.2 Å². The average molecular weight is 267 g/mol. The normalized spacial score (nSPS) is 10.8. The summed E-state index contributed by atoms with van der Waals surface area (Å²) in [6.07, 6.45) is 0.757. The standard InChI is InChI=1S/C15H22FNO2/c1-11(2)10-19-8-4-7-17-15(18)14-9-13(16)6-5-12(14)3/h5-6,9,11H,4,7-8,10H2,1-3H3,(H,17,18). The summed E-state index contributed by atoms with van der Waals surface area (Å²) in [6.45, 7) is 7.87. The van der Waals surface area contributed by atoms with Crippen LogP contribution in [-0.2, 0) is 4.74 Å². The Balaban J connectivity index is 2.29. The van der Waals surface area contributed by atoms with E-state index >= 15 is 0 Å². The monoisotopic (exact) mass is 267 g/mol. The minimum absolute atomic E-state index is 0.235. The van der Waals surface area contributed by atoms with Crippen LogP contribution in [0.3, 0.4) is 0 Å². The molecule has 0 aliphatic carbocycles. The number of halogens is 1. The van der Waals surface area contributed by atoms with E-state index in [-0.39, 0.29) is 5.91 Å². The van der Waals surface area contributed by atoms with Crippen LogP contribution >= 0.6 is 0 Å². The second kappa shape index (κ2) is 7.89. The van der Waals surface area contributed by atoms with Crippen LogP contribution < -0.4 is 5.32 Å². The van der Waals surface area contributed by atoms with Crippen LogP contribution in [0, 0.1) is 18.7 Å². The maximum Gasteiger partial charge on any atom is 0.251 e. The third-order valence-corrected chi connectivity index (χ3v) is 2.65. The SMILES string of the molecule is Cc1ccc(F)cc1C(=O)NCCCOCC(C)C. The minimum Gasteiger partial charge on any atom is -0.381 e. The van der Waals surface area contributed by atoms with Crippen molar-refractivity contribution in [3.8, 4) is 0 Å². The summed E-state index contributed by atoms with van der Waals surface area (Å²) in [7, 11) is 0. The van der Waals surface area contributed by atoms with Gasteiger partial charge in [-0.1, -0.05) is 19.9 Å². The molecule has 0 fully saturated rings. The summed E-state index contributed by atoms with van der Waals surface area (Å²) in [6, 6.07) is 4.22. The first-order chi connectivity index (χ1) is 9.00. The van der Waals surface area contributed by atoms with Crippen LogP contribution in [-0.4, -0.2) is 25.7 Å². The summed E-state index contributed by atoms with van der Waals surface area (Å²) >= 11 is 0. The highest BCUT2D eigenvalue weighted by Crippen LogP contribution is 2.09. The molecule has 0 spiro atoms. The second-order valence-electron chi connectivity index (χ2n) is 5.04. The number of hydrogen-bond donors (Lipinski definition) is 1. The molecule has 0 aliphatic rings. The Morgan fingerprint density at radius 2 is 2.16 bits per heavy atom. The minimum atomic E-state index is -0.393. The van der Waals surface area contributed by atoms with Crippen molar-refractivity contribution < 1.29 is 13.9 Å². The van der Waals surface area contributed by atoms with Gasteiger partial charge in [-0.25, -0.2) is 4.39 Å². The molecule has 0 heterocycles. The van der Waals surface area contributed by atoms with Gasteiger partial charge in [-0.15, -0.1) is 0 Å². The van der Waals surface area contributed by atoms with Crippen LogP contribution in [0.25, 0.3) is 0 Å². The van der Waals surface area contributed by atoms with E-state index < -0.39 is 5.82 Å². The maximum absolute atomic E-state index is 13.1. The Morgan fingerprint density at radius 1 is 1.42 bits per heavy atom. The van der Waals surface area contributed by atoms with Crippen molar-refractivity contribution in [2.75, 3.05) is 19.8 Å². The number of rotatable bonds is 7. The van der Waals surface area contributed by atoms with Gasteiger partial charge in [0.2, 0.25) is 0 Å². The van der Waals surface area contributed by atoms with Gasteiger partial charge in [0.15, 0.2) is 0 Å². The van der Waals surface area contributed by atoms with E-state index in [1.165, 1.54) is 12.1 Å². The molecule has 0 radical (unpaired) electrons. The van der Waals surface area contributed by atoms with Gasteiger partial charge in [0, 0.05) is 25.3 Å². The smallest absolute Gasteiger partial charge is 0.251 e. The molecule has 0 atom stereocenters. The van der Waals surface area contributed by atoms with Crippen molar-refractivity contribution in [1.82, 2.24) is 5.32 Å². The van der Waals surface area contributed by atoms with Crippen molar-refractivity contribution in [2.45, 2.75) is 27.2 Å². The van der Waals surface area contributed by atoms with Crippen LogP contribution in [0.5, 0.6) is 0 Å². The summed E-state index contributed by atoms with van der Waals surface area (Å²) in [5.74, 6) is -0.110. The predicted octanol–water partition coefficient (Wildman–Crippen LogP) is 2.93. The topological polar surface area (TPSA) is 38.3 Å². The Morgan fingerprint density at radius 3 is 2.84 bits per heavy atom. The van der Waals surface area contributed by atoms with Crippen LogP contribution in [0.15, 0.2) is 18.2 Å². The van der Waals surface area contributed by atoms with Gasteiger partial charge >= 0.3 is 0 Å². The molecule has 0 saturated heterocycles. The van der Waals surface area contributed by atoms with Gasteiger partial charge in [0.1, 0.15) is 5.82 Å². The summed E-state index contributed by atoms with van der Waals surface area (Å²) in [4.78, 5) is 11.8. The van der Waals surface area contributed by atoms with Crippen LogP contribution in [0.1, 0.15) is 36.2 Å². The third kappa shape index (κ3) is 5.83. The van der Waals surface area contributed by atoms with E-state index in [0.717, 1.165) is 18.6 Å². The summed E-state index contributed by atoms with van der Waals surface area (Å²) in [5, 5.41) is 2.77. The molecule has 3 nitrogen and oxygen atoms in total. The van der Waals surface area contributed by atoms with E-state index in [1.807, 2.05) is 0 Å². The molecule has 4 heteroatoms. The molecule has 106 valence electrons. The van der Waals surface area contributed by atoms with Gasteiger partial charge in [0.05, 0.1) is 0 Å². The molecule has 1 amide bonds. The molecule has 0 aromatic heterocycles.